The van der Waals surface area contributed by atoms with Crippen LogP contribution in [0.25, 0.3) is 10.6 Å². The molecule has 2 aromatic heterocycles. The zero-order valence-electron chi connectivity index (χ0n) is 16.9. The second-order valence-corrected chi connectivity index (χ2v) is 5.63. The summed E-state index contributed by atoms with van der Waals surface area (Å²) in [5.74, 6) is -0.300. The number of thiophene rings is 1. The van der Waals surface area contributed by atoms with Gasteiger partial charge in [0.25, 0.3) is 0 Å². The zero-order chi connectivity index (χ0) is 21.1. The molecule has 0 saturated carbocycles. The van der Waals surface area contributed by atoms with E-state index < -0.39 is 0 Å². The van der Waals surface area contributed by atoms with Crippen LogP contribution in [0.5, 0.6) is 0 Å². The van der Waals surface area contributed by atoms with Gasteiger partial charge in [-0.2, -0.15) is 5.10 Å². The highest BCUT2D eigenvalue weighted by atomic mass is 32.1. The lowest BCUT2D eigenvalue weighted by molar-refractivity contribution is -0.109. The molecule has 0 aliphatic carbocycles. The summed E-state index contributed by atoms with van der Waals surface area (Å²) in [4.78, 5) is 25.5. The second-order valence-electron chi connectivity index (χ2n) is 4.54. The van der Waals surface area contributed by atoms with Crippen LogP contribution >= 0.6 is 11.3 Å². The maximum absolute atomic E-state index is 11.3. The maximum Gasteiger partial charge on any atom is 0.348 e. The Bertz CT molecular complexity index is 674. The van der Waals surface area contributed by atoms with E-state index in [1.165, 1.54) is 18.4 Å². The third-order valence-electron chi connectivity index (χ3n) is 2.59. The van der Waals surface area contributed by atoms with Crippen LogP contribution in [0.15, 0.2) is 42.0 Å². The van der Waals surface area contributed by atoms with E-state index in [4.69, 9.17) is 4.79 Å². The number of hydrogen-bond acceptors (Lipinski definition) is 6. The maximum atomic E-state index is 11.3. The van der Waals surface area contributed by atoms with Gasteiger partial charge in [0.2, 0.25) is 6.41 Å². The standard InChI is InChI=1S/C11H12N2O2S.C3H7N.C3H6.C2H5NO/c1-3-13-7-6-8(12-13)9-4-5-10(16-9)11(14)15-2;1-3-4-2;1-3-2;1-3-2-4/h4-7H,3H2,1-2H3;3H,1-2H3;3H,1H2,2H3;2H,1H3,(H,3,4). The van der Waals surface area contributed by atoms with Crippen LogP contribution in [-0.4, -0.2) is 49.6 Å². The summed E-state index contributed by atoms with van der Waals surface area (Å²) in [6.07, 6.45) is 6.05. The predicted molar refractivity (Wildman–Crippen MR) is 114 cm³/mol. The number of rotatable bonds is 4. The molecule has 27 heavy (non-hydrogen) atoms. The first kappa shape index (κ1) is 26.5. The molecule has 150 valence electrons. The van der Waals surface area contributed by atoms with Crippen LogP contribution in [0.1, 0.15) is 30.4 Å². The number of carbonyl (C=O) groups excluding carboxylic acids is 2. The van der Waals surface area contributed by atoms with Crippen molar-refractivity contribution in [2.45, 2.75) is 27.3 Å². The fourth-order valence-corrected chi connectivity index (χ4v) is 2.24. The number of aromatic nitrogens is 2. The molecule has 0 bridgehead atoms. The monoisotopic (exact) mass is 394 g/mol. The van der Waals surface area contributed by atoms with Gasteiger partial charge in [-0.15, -0.1) is 17.9 Å². The van der Waals surface area contributed by atoms with E-state index in [0.717, 1.165) is 17.1 Å². The number of hydrogen-bond donors (Lipinski definition) is 1. The molecule has 1 N–H and O–H groups in total. The largest absolute Gasteiger partial charge is 0.465 e. The molecule has 0 fully saturated rings. The fraction of sp³-hybridized carbons (Fsp3) is 0.368. The molecule has 2 aromatic rings. The van der Waals surface area contributed by atoms with E-state index in [9.17, 15) is 4.79 Å². The predicted octanol–water partition coefficient (Wildman–Crippen LogP) is 3.68. The molecule has 0 aliphatic rings. The minimum absolute atomic E-state index is 0.300. The quantitative estimate of drug-likeness (QED) is 0.371. The molecule has 7 nitrogen and oxygen atoms in total. The van der Waals surface area contributed by atoms with Gasteiger partial charge >= 0.3 is 5.97 Å². The number of aliphatic imine (C=N–C) groups is 1. The Kier molecular flexibility index (Phi) is 17.7. The molecule has 2 rings (SSSR count). The first-order chi connectivity index (χ1) is 13.0. The summed E-state index contributed by atoms with van der Waals surface area (Å²) in [6, 6.07) is 5.59. The molecule has 0 aromatic carbocycles. The number of allylic oxidation sites excluding steroid dienone is 1. The molecule has 0 aliphatic heterocycles. The lowest BCUT2D eigenvalue weighted by Crippen LogP contribution is -1.98. The van der Waals surface area contributed by atoms with Gasteiger partial charge in [0.15, 0.2) is 0 Å². The van der Waals surface area contributed by atoms with Gasteiger partial charge in [-0.25, -0.2) is 4.79 Å². The number of carbonyl (C=O) groups is 2. The summed E-state index contributed by atoms with van der Waals surface area (Å²) < 4.78 is 6.51. The van der Waals surface area contributed by atoms with E-state index in [1.54, 1.807) is 32.5 Å². The van der Waals surface area contributed by atoms with Gasteiger partial charge in [-0.1, -0.05) is 6.08 Å². The molecule has 1 amide bonds. The molecule has 0 radical (unpaired) electrons. The molecule has 8 heteroatoms. The van der Waals surface area contributed by atoms with Crippen molar-refractivity contribution in [2.24, 2.45) is 4.99 Å². The Labute approximate surface area is 165 Å². The van der Waals surface area contributed by atoms with Crippen molar-refractivity contribution in [3.63, 3.8) is 0 Å². The number of esters is 1. The van der Waals surface area contributed by atoms with Crippen LogP contribution in [0, 0.1) is 0 Å². The third-order valence-corrected chi connectivity index (χ3v) is 3.67. The number of amides is 1. The van der Waals surface area contributed by atoms with Crippen LogP contribution in [0.3, 0.4) is 0 Å². The Balaban J connectivity index is 0. The lowest BCUT2D eigenvalue weighted by Gasteiger charge is -1.93. The smallest absolute Gasteiger partial charge is 0.348 e. The molecule has 2 heterocycles. The van der Waals surface area contributed by atoms with E-state index in [2.05, 4.69) is 26.7 Å². The SMILES string of the molecule is C=CC.CC=NC.CCn1ccc(-c2ccc(C(=O)OC)s2)n1.CNC=O. The second kappa shape index (κ2) is 18.1. The Morgan fingerprint density at radius 1 is 1.41 bits per heavy atom. The summed E-state index contributed by atoms with van der Waals surface area (Å²) in [7, 11) is 4.69. The average Bonchev–Trinajstić information content (AvgIpc) is 3.37. The van der Waals surface area contributed by atoms with Crippen LogP contribution < -0.4 is 5.32 Å². The highest BCUT2D eigenvalue weighted by molar-refractivity contribution is 7.17. The first-order valence-electron chi connectivity index (χ1n) is 8.26. The van der Waals surface area contributed by atoms with Gasteiger partial charge in [0.1, 0.15) is 10.6 Å². The van der Waals surface area contributed by atoms with Crippen molar-refractivity contribution in [1.82, 2.24) is 15.1 Å². The molecular weight excluding hydrogens is 364 g/mol. The van der Waals surface area contributed by atoms with Gasteiger partial charge in [-0.3, -0.25) is 9.48 Å². The van der Waals surface area contributed by atoms with Crippen molar-refractivity contribution >= 4 is 29.9 Å². The average molecular weight is 395 g/mol. The topological polar surface area (TPSA) is 85.6 Å². The first-order valence-corrected chi connectivity index (χ1v) is 9.07. The minimum Gasteiger partial charge on any atom is -0.465 e. The van der Waals surface area contributed by atoms with Crippen LogP contribution in [0.4, 0.5) is 0 Å². The van der Waals surface area contributed by atoms with Crippen LogP contribution in [0.2, 0.25) is 0 Å². The van der Waals surface area contributed by atoms with E-state index >= 15 is 0 Å². The van der Waals surface area contributed by atoms with Gasteiger partial charge in [0, 0.05) is 26.8 Å². The van der Waals surface area contributed by atoms with Gasteiger partial charge in [-0.05, 0) is 45.2 Å². The molecule has 0 spiro atoms. The summed E-state index contributed by atoms with van der Waals surface area (Å²) in [5.41, 5.74) is 0.891. The molecule has 0 atom stereocenters. The number of nitrogens with one attached hydrogen (secondary N) is 1. The number of ether oxygens (including phenoxy) is 1. The van der Waals surface area contributed by atoms with E-state index in [1.807, 2.05) is 43.8 Å². The Hall–Kier alpha value is -2.74. The number of aryl methyl sites for hydroxylation is 1. The number of methoxy groups -OCH3 is 1. The zero-order valence-corrected chi connectivity index (χ0v) is 17.7. The highest BCUT2D eigenvalue weighted by Gasteiger charge is 2.11. The summed E-state index contributed by atoms with van der Waals surface area (Å²) in [6.45, 7) is 10.0. The van der Waals surface area contributed by atoms with Crippen molar-refractivity contribution in [2.75, 3.05) is 21.2 Å². The van der Waals surface area contributed by atoms with Gasteiger partial charge < -0.3 is 15.0 Å². The van der Waals surface area contributed by atoms with Gasteiger partial charge in [0.05, 0.1) is 12.0 Å². The third kappa shape index (κ3) is 12.3. The molecule has 0 unspecified atom stereocenters. The van der Waals surface area contributed by atoms with Crippen LogP contribution in [-0.2, 0) is 16.1 Å². The summed E-state index contributed by atoms with van der Waals surface area (Å²) >= 11 is 1.39. The molecular formula is C19H30N4O3S. The van der Waals surface area contributed by atoms with Crippen molar-refractivity contribution in [3.05, 3.63) is 41.9 Å². The van der Waals surface area contributed by atoms with Crippen molar-refractivity contribution in [1.29, 1.82) is 0 Å². The van der Waals surface area contributed by atoms with Crippen molar-refractivity contribution < 1.29 is 14.3 Å². The normalized spacial score (nSPS) is 8.81. The highest BCUT2D eigenvalue weighted by Crippen LogP contribution is 2.26. The fourth-order valence-electron chi connectivity index (χ4n) is 1.36. The summed E-state index contributed by atoms with van der Waals surface area (Å²) in [5, 5.41) is 6.62. The van der Waals surface area contributed by atoms with E-state index in [-0.39, 0.29) is 5.97 Å². The molecule has 0 saturated heterocycles. The Morgan fingerprint density at radius 3 is 2.33 bits per heavy atom. The van der Waals surface area contributed by atoms with Crippen molar-refractivity contribution in [3.8, 4) is 10.6 Å². The number of nitrogens with zero attached hydrogens (tertiary/aromatic N) is 3. The Morgan fingerprint density at radius 2 is 1.96 bits per heavy atom. The lowest BCUT2D eigenvalue weighted by atomic mass is 10.3. The van der Waals surface area contributed by atoms with E-state index in [0.29, 0.717) is 11.3 Å². The minimum atomic E-state index is -0.300.